The molecule has 0 atom stereocenters. The Hall–Kier alpha value is -1.62. The summed E-state index contributed by atoms with van der Waals surface area (Å²) in [6.45, 7) is 4.13. The van der Waals surface area contributed by atoms with Gasteiger partial charge >= 0.3 is 5.97 Å². The SMILES string of the molecule is O=C(O)c1ccnc(NCCN2CCCC2)c1. The second-order valence-corrected chi connectivity index (χ2v) is 4.21. The van der Waals surface area contributed by atoms with Gasteiger partial charge in [-0.25, -0.2) is 9.78 Å². The van der Waals surface area contributed by atoms with Crippen LogP contribution in [0.4, 0.5) is 5.82 Å². The fraction of sp³-hybridized carbons (Fsp3) is 0.500. The maximum atomic E-state index is 10.8. The van der Waals surface area contributed by atoms with Crippen molar-refractivity contribution in [3.05, 3.63) is 23.9 Å². The summed E-state index contributed by atoms with van der Waals surface area (Å²) >= 11 is 0. The van der Waals surface area contributed by atoms with Gasteiger partial charge in [0.15, 0.2) is 0 Å². The summed E-state index contributed by atoms with van der Waals surface area (Å²) in [7, 11) is 0. The summed E-state index contributed by atoms with van der Waals surface area (Å²) < 4.78 is 0. The van der Waals surface area contributed by atoms with E-state index in [9.17, 15) is 4.79 Å². The third kappa shape index (κ3) is 3.42. The first-order valence-electron chi connectivity index (χ1n) is 5.91. The molecule has 17 heavy (non-hydrogen) atoms. The van der Waals surface area contributed by atoms with Crippen LogP contribution in [0.2, 0.25) is 0 Å². The fourth-order valence-electron chi connectivity index (χ4n) is 2.01. The van der Waals surface area contributed by atoms with Crippen LogP contribution in [-0.2, 0) is 0 Å². The van der Waals surface area contributed by atoms with Crippen molar-refractivity contribution in [3.63, 3.8) is 0 Å². The van der Waals surface area contributed by atoms with E-state index in [0.717, 1.165) is 13.1 Å². The molecular formula is C12H17N3O2. The Morgan fingerprint density at radius 2 is 2.24 bits per heavy atom. The van der Waals surface area contributed by atoms with Crippen molar-refractivity contribution < 1.29 is 9.90 Å². The van der Waals surface area contributed by atoms with Gasteiger partial charge in [0.05, 0.1) is 5.56 Å². The minimum absolute atomic E-state index is 0.267. The van der Waals surface area contributed by atoms with Crippen molar-refractivity contribution >= 4 is 11.8 Å². The van der Waals surface area contributed by atoms with E-state index in [0.29, 0.717) is 5.82 Å². The number of pyridine rings is 1. The normalized spacial score (nSPS) is 16.0. The Kier molecular flexibility index (Phi) is 3.93. The third-order valence-corrected chi connectivity index (χ3v) is 2.94. The quantitative estimate of drug-likeness (QED) is 0.805. The molecule has 5 nitrogen and oxygen atoms in total. The number of hydrogen-bond acceptors (Lipinski definition) is 4. The van der Waals surface area contributed by atoms with E-state index in [1.165, 1.54) is 38.2 Å². The smallest absolute Gasteiger partial charge is 0.335 e. The number of carbonyl (C=O) groups is 1. The van der Waals surface area contributed by atoms with Gasteiger partial charge in [-0.15, -0.1) is 0 Å². The molecule has 2 rings (SSSR count). The van der Waals surface area contributed by atoms with Crippen LogP contribution in [0.5, 0.6) is 0 Å². The Morgan fingerprint density at radius 1 is 1.47 bits per heavy atom. The van der Waals surface area contributed by atoms with Crippen molar-refractivity contribution in [2.45, 2.75) is 12.8 Å². The molecule has 92 valence electrons. The second kappa shape index (κ2) is 5.63. The van der Waals surface area contributed by atoms with Gasteiger partial charge in [0.1, 0.15) is 5.82 Å². The fourth-order valence-corrected chi connectivity index (χ4v) is 2.01. The van der Waals surface area contributed by atoms with Gasteiger partial charge in [0, 0.05) is 19.3 Å². The Morgan fingerprint density at radius 3 is 2.94 bits per heavy atom. The number of aromatic nitrogens is 1. The highest BCUT2D eigenvalue weighted by Gasteiger charge is 2.10. The minimum Gasteiger partial charge on any atom is -0.478 e. The van der Waals surface area contributed by atoms with E-state index in [-0.39, 0.29) is 5.56 Å². The van der Waals surface area contributed by atoms with Crippen LogP contribution in [-0.4, -0.2) is 47.1 Å². The average molecular weight is 235 g/mol. The summed E-state index contributed by atoms with van der Waals surface area (Å²) in [6.07, 6.45) is 4.08. The van der Waals surface area contributed by atoms with Gasteiger partial charge in [-0.2, -0.15) is 0 Å². The molecule has 2 heterocycles. The Bertz CT molecular complexity index is 389. The van der Waals surface area contributed by atoms with E-state index in [1.54, 1.807) is 6.07 Å². The number of carboxylic acids is 1. The van der Waals surface area contributed by atoms with Gasteiger partial charge < -0.3 is 15.3 Å². The highest BCUT2D eigenvalue weighted by molar-refractivity contribution is 5.88. The maximum absolute atomic E-state index is 10.8. The molecule has 0 aromatic carbocycles. The molecule has 5 heteroatoms. The van der Waals surface area contributed by atoms with Crippen LogP contribution in [0.3, 0.4) is 0 Å². The Labute approximate surface area is 100 Å². The molecule has 2 N–H and O–H groups in total. The summed E-state index contributed by atoms with van der Waals surface area (Å²) in [5.41, 5.74) is 0.267. The highest BCUT2D eigenvalue weighted by atomic mass is 16.4. The first-order chi connectivity index (χ1) is 8.25. The number of rotatable bonds is 5. The molecule has 0 amide bonds. The number of carboxylic acid groups (broad SMARTS) is 1. The van der Waals surface area contributed by atoms with Crippen molar-refractivity contribution in [2.24, 2.45) is 0 Å². The van der Waals surface area contributed by atoms with Gasteiger partial charge in [-0.3, -0.25) is 0 Å². The maximum Gasteiger partial charge on any atom is 0.335 e. The predicted octanol–water partition coefficient (Wildman–Crippen LogP) is 1.29. The first-order valence-corrected chi connectivity index (χ1v) is 5.91. The lowest BCUT2D eigenvalue weighted by Gasteiger charge is -2.14. The molecule has 0 spiro atoms. The number of hydrogen-bond donors (Lipinski definition) is 2. The summed E-state index contributed by atoms with van der Waals surface area (Å²) in [5, 5.41) is 12.0. The summed E-state index contributed by atoms with van der Waals surface area (Å²) in [5.74, 6) is -0.293. The van der Waals surface area contributed by atoms with Crippen LogP contribution in [0, 0.1) is 0 Å². The number of nitrogens with zero attached hydrogens (tertiary/aromatic N) is 2. The lowest BCUT2D eigenvalue weighted by atomic mass is 10.2. The predicted molar refractivity (Wildman–Crippen MR) is 65.4 cm³/mol. The van der Waals surface area contributed by atoms with Crippen molar-refractivity contribution in [1.29, 1.82) is 0 Å². The zero-order valence-corrected chi connectivity index (χ0v) is 9.72. The number of likely N-dealkylation sites (tertiary alicyclic amines) is 1. The van der Waals surface area contributed by atoms with Crippen LogP contribution in [0.1, 0.15) is 23.2 Å². The van der Waals surface area contributed by atoms with Crippen LogP contribution >= 0.6 is 0 Å². The van der Waals surface area contributed by atoms with Crippen molar-refractivity contribution in [3.8, 4) is 0 Å². The van der Waals surface area contributed by atoms with Crippen molar-refractivity contribution in [1.82, 2.24) is 9.88 Å². The zero-order chi connectivity index (χ0) is 12.1. The molecule has 0 saturated carbocycles. The summed E-state index contributed by atoms with van der Waals surface area (Å²) in [6, 6.07) is 3.06. The molecule has 1 aliphatic rings. The number of nitrogens with one attached hydrogen (secondary N) is 1. The minimum atomic E-state index is -0.921. The molecule has 1 aromatic heterocycles. The Balaban J connectivity index is 1.81. The van der Waals surface area contributed by atoms with Gasteiger partial charge in [-0.1, -0.05) is 0 Å². The van der Waals surface area contributed by atoms with Crippen LogP contribution < -0.4 is 5.32 Å². The lowest BCUT2D eigenvalue weighted by molar-refractivity contribution is 0.0697. The van der Waals surface area contributed by atoms with Crippen LogP contribution in [0.15, 0.2) is 18.3 Å². The van der Waals surface area contributed by atoms with E-state index >= 15 is 0 Å². The molecule has 1 aliphatic heterocycles. The number of anilines is 1. The van der Waals surface area contributed by atoms with E-state index in [1.807, 2.05) is 0 Å². The molecule has 0 radical (unpaired) electrons. The summed E-state index contributed by atoms with van der Waals surface area (Å²) in [4.78, 5) is 17.3. The van der Waals surface area contributed by atoms with Gasteiger partial charge in [-0.05, 0) is 38.1 Å². The zero-order valence-electron chi connectivity index (χ0n) is 9.72. The van der Waals surface area contributed by atoms with Gasteiger partial charge in [0.25, 0.3) is 0 Å². The number of aromatic carboxylic acids is 1. The third-order valence-electron chi connectivity index (χ3n) is 2.94. The topological polar surface area (TPSA) is 65.5 Å². The van der Waals surface area contributed by atoms with E-state index in [4.69, 9.17) is 5.11 Å². The van der Waals surface area contributed by atoms with Crippen molar-refractivity contribution in [2.75, 3.05) is 31.5 Å². The molecule has 1 saturated heterocycles. The average Bonchev–Trinajstić information content (AvgIpc) is 2.82. The first kappa shape index (κ1) is 11.9. The highest BCUT2D eigenvalue weighted by Crippen LogP contribution is 2.08. The largest absolute Gasteiger partial charge is 0.478 e. The molecule has 0 unspecified atom stereocenters. The standard InChI is InChI=1S/C12H17N3O2/c16-12(17)10-3-4-13-11(9-10)14-5-8-15-6-1-2-7-15/h3-4,9H,1-2,5-8H2,(H,13,14)(H,16,17). The second-order valence-electron chi connectivity index (χ2n) is 4.21. The lowest BCUT2D eigenvalue weighted by Crippen LogP contribution is -2.26. The van der Waals surface area contributed by atoms with E-state index in [2.05, 4.69) is 15.2 Å². The molecule has 0 bridgehead atoms. The molecular weight excluding hydrogens is 218 g/mol. The molecule has 1 aromatic rings. The molecule has 0 aliphatic carbocycles. The van der Waals surface area contributed by atoms with E-state index < -0.39 is 5.97 Å². The van der Waals surface area contributed by atoms with Crippen LogP contribution in [0.25, 0.3) is 0 Å². The van der Waals surface area contributed by atoms with Gasteiger partial charge in [0.2, 0.25) is 0 Å². The molecule has 1 fully saturated rings. The monoisotopic (exact) mass is 235 g/mol.